The first-order valence-electron chi connectivity index (χ1n) is 5.09. The summed E-state index contributed by atoms with van der Waals surface area (Å²) in [4.78, 5) is 0. The van der Waals surface area contributed by atoms with Gasteiger partial charge in [0.15, 0.2) is 5.82 Å². The summed E-state index contributed by atoms with van der Waals surface area (Å²) in [6.45, 7) is 2.08. The maximum Gasteiger partial charge on any atom is 0.179 e. The number of rotatable bonds is 1. The lowest BCUT2D eigenvalue weighted by Gasteiger charge is -2.06. The van der Waals surface area contributed by atoms with E-state index in [2.05, 4.69) is 45.7 Å². The number of nitrogens with zero attached hydrogens (tertiary/aromatic N) is 3. The van der Waals surface area contributed by atoms with Gasteiger partial charge < -0.3 is 0 Å². The normalized spacial score (nSPS) is 10.8. The Hall–Kier alpha value is -2.23. The van der Waals surface area contributed by atoms with E-state index in [-0.39, 0.29) is 0 Å². The first-order valence-corrected chi connectivity index (χ1v) is 5.09. The van der Waals surface area contributed by atoms with Gasteiger partial charge in [-0.1, -0.05) is 36.4 Å². The maximum atomic E-state index is 3.94. The van der Waals surface area contributed by atoms with Crippen LogP contribution in [0, 0.1) is 6.92 Å². The number of hydrogen-bond donors (Lipinski definition) is 1. The summed E-state index contributed by atoms with van der Waals surface area (Å²) in [6.07, 6.45) is 0. The zero-order valence-corrected chi connectivity index (χ0v) is 8.81. The Bertz CT molecular complexity index is 629. The number of aromatic amines is 1. The minimum Gasteiger partial charge on any atom is -0.239 e. The first kappa shape index (κ1) is 9.03. The Kier molecular flexibility index (Phi) is 1.93. The molecule has 0 aliphatic rings. The summed E-state index contributed by atoms with van der Waals surface area (Å²) in [6, 6.07) is 12.4. The van der Waals surface area contributed by atoms with Gasteiger partial charge >= 0.3 is 0 Å². The van der Waals surface area contributed by atoms with Gasteiger partial charge in [0.1, 0.15) is 0 Å². The van der Waals surface area contributed by atoms with Crippen molar-refractivity contribution in [3.63, 3.8) is 0 Å². The molecule has 0 radical (unpaired) electrons. The fourth-order valence-electron chi connectivity index (χ4n) is 1.96. The summed E-state index contributed by atoms with van der Waals surface area (Å²) in [5.41, 5.74) is 2.24. The van der Waals surface area contributed by atoms with E-state index in [1.807, 2.05) is 18.2 Å². The van der Waals surface area contributed by atoms with E-state index in [1.54, 1.807) is 0 Å². The standard InChI is InChI=1S/C12H10N4/c1-8-10-5-3-2-4-9(10)6-7-11(8)12-13-15-16-14-12/h2-7H,1H3,(H,13,14,15,16). The van der Waals surface area contributed by atoms with Crippen LogP contribution in [0.5, 0.6) is 0 Å². The van der Waals surface area contributed by atoms with E-state index in [4.69, 9.17) is 0 Å². The lowest BCUT2D eigenvalue weighted by Crippen LogP contribution is -1.87. The molecule has 3 rings (SSSR count). The Morgan fingerprint density at radius 1 is 1.06 bits per heavy atom. The van der Waals surface area contributed by atoms with Gasteiger partial charge in [-0.3, -0.25) is 0 Å². The van der Waals surface area contributed by atoms with Crippen LogP contribution in [0.15, 0.2) is 36.4 Å². The van der Waals surface area contributed by atoms with E-state index < -0.39 is 0 Å². The highest BCUT2D eigenvalue weighted by Gasteiger charge is 2.07. The van der Waals surface area contributed by atoms with Crippen LogP contribution in [-0.4, -0.2) is 20.6 Å². The zero-order valence-electron chi connectivity index (χ0n) is 8.81. The van der Waals surface area contributed by atoms with Crippen LogP contribution in [0.3, 0.4) is 0 Å². The zero-order chi connectivity index (χ0) is 11.0. The van der Waals surface area contributed by atoms with Crippen LogP contribution < -0.4 is 0 Å². The summed E-state index contributed by atoms with van der Waals surface area (Å²) >= 11 is 0. The Balaban J connectivity index is 2.32. The van der Waals surface area contributed by atoms with Crippen molar-refractivity contribution >= 4 is 10.8 Å². The summed E-state index contributed by atoms with van der Waals surface area (Å²) in [5.74, 6) is 0.711. The van der Waals surface area contributed by atoms with Gasteiger partial charge in [0.2, 0.25) is 0 Å². The molecule has 1 heterocycles. The number of aryl methyl sites for hydroxylation is 1. The van der Waals surface area contributed by atoms with Gasteiger partial charge in [-0.25, -0.2) is 5.10 Å². The molecule has 2 aromatic carbocycles. The maximum absolute atomic E-state index is 3.94. The number of hydrogen-bond acceptors (Lipinski definition) is 3. The molecule has 0 spiro atoms. The number of nitrogens with one attached hydrogen (secondary N) is 1. The summed E-state index contributed by atoms with van der Waals surface area (Å²) < 4.78 is 0. The monoisotopic (exact) mass is 210 g/mol. The highest BCUT2D eigenvalue weighted by Crippen LogP contribution is 2.26. The van der Waals surface area contributed by atoms with E-state index >= 15 is 0 Å². The molecule has 0 amide bonds. The highest BCUT2D eigenvalue weighted by molar-refractivity contribution is 5.90. The van der Waals surface area contributed by atoms with Crippen molar-refractivity contribution in [1.82, 2.24) is 20.6 Å². The van der Waals surface area contributed by atoms with E-state index in [1.165, 1.54) is 16.3 Å². The quantitative estimate of drug-likeness (QED) is 0.670. The third kappa shape index (κ3) is 1.27. The average Bonchev–Trinajstić information content (AvgIpc) is 2.83. The van der Waals surface area contributed by atoms with Gasteiger partial charge in [0.25, 0.3) is 0 Å². The first-order chi connectivity index (χ1) is 7.86. The molecule has 0 atom stereocenters. The largest absolute Gasteiger partial charge is 0.239 e. The molecule has 3 aromatic rings. The van der Waals surface area contributed by atoms with Crippen LogP contribution in [0.25, 0.3) is 22.2 Å². The minimum absolute atomic E-state index is 0.711. The molecule has 0 fully saturated rings. The summed E-state index contributed by atoms with van der Waals surface area (Å²) in [7, 11) is 0. The minimum atomic E-state index is 0.711. The number of tetrazole rings is 1. The van der Waals surface area contributed by atoms with Crippen LogP contribution in [0.2, 0.25) is 0 Å². The van der Waals surface area contributed by atoms with Crippen molar-refractivity contribution in [3.05, 3.63) is 42.0 Å². The Labute approximate surface area is 92.3 Å². The molecule has 1 aromatic heterocycles. The molecule has 0 unspecified atom stereocenters. The fraction of sp³-hybridized carbons (Fsp3) is 0.0833. The van der Waals surface area contributed by atoms with Gasteiger partial charge in [0.05, 0.1) is 0 Å². The molecule has 1 N–H and O–H groups in total. The molecule has 0 aliphatic carbocycles. The molecule has 0 aliphatic heterocycles. The topological polar surface area (TPSA) is 54.5 Å². The smallest absolute Gasteiger partial charge is 0.179 e. The van der Waals surface area contributed by atoms with E-state index in [0.29, 0.717) is 5.82 Å². The van der Waals surface area contributed by atoms with Crippen LogP contribution in [-0.2, 0) is 0 Å². The third-order valence-corrected chi connectivity index (χ3v) is 2.80. The molecular weight excluding hydrogens is 200 g/mol. The second kappa shape index (κ2) is 3.41. The SMILES string of the molecule is Cc1c(-c2nnn[nH]2)ccc2ccccc12. The van der Waals surface area contributed by atoms with Crippen LogP contribution in [0.4, 0.5) is 0 Å². The van der Waals surface area contributed by atoms with Crippen LogP contribution in [0.1, 0.15) is 5.56 Å². The lowest BCUT2D eigenvalue weighted by atomic mass is 10.00. The Morgan fingerprint density at radius 3 is 2.75 bits per heavy atom. The van der Waals surface area contributed by atoms with Crippen molar-refractivity contribution in [2.24, 2.45) is 0 Å². The molecule has 0 saturated heterocycles. The van der Waals surface area contributed by atoms with Gasteiger partial charge in [-0.15, -0.1) is 5.10 Å². The average molecular weight is 210 g/mol. The summed E-state index contributed by atoms with van der Waals surface area (Å²) in [5, 5.41) is 16.4. The van der Waals surface area contributed by atoms with Crippen molar-refractivity contribution in [3.8, 4) is 11.4 Å². The van der Waals surface area contributed by atoms with Gasteiger partial charge in [-0.05, 0) is 33.7 Å². The molecule has 4 heteroatoms. The lowest BCUT2D eigenvalue weighted by molar-refractivity contribution is 0.881. The van der Waals surface area contributed by atoms with Crippen molar-refractivity contribution in [2.45, 2.75) is 6.92 Å². The molecule has 0 bridgehead atoms. The molecular formula is C12H10N4. The van der Waals surface area contributed by atoms with Gasteiger partial charge in [-0.2, -0.15) is 0 Å². The second-order valence-electron chi connectivity index (χ2n) is 3.71. The van der Waals surface area contributed by atoms with Crippen molar-refractivity contribution < 1.29 is 0 Å². The van der Waals surface area contributed by atoms with Gasteiger partial charge in [0, 0.05) is 5.56 Å². The third-order valence-electron chi connectivity index (χ3n) is 2.80. The number of fused-ring (bicyclic) bond motifs is 1. The van der Waals surface area contributed by atoms with Crippen molar-refractivity contribution in [1.29, 1.82) is 0 Å². The molecule has 16 heavy (non-hydrogen) atoms. The van der Waals surface area contributed by atoms with Crippen LogP contribution >= 0.6 is 0 Å². The van der Waals surface area contributed by atoms with E-state index in [0.717, 1.165) is 5.56 Å². The predicted molar refractivity (Wildman–Crippen MR) is 61.9 cm³/mol. The number of H-pyrrole nitrogens is 1. The molecule has 4 nitrogen and oxygen atoms in total. The number of benzene rings is 2. The van der Waals surface area contributed by atoms with Crippen molar-refractivity contribution in [2.75, 3.05) is 0 Å². The van der Waals surface area contributed by atoms with E-state index in [9.17, 15) is 0 Å². The second-order valence-corrected chi connectivity index (χ2v) is 3.71. The Morgan fingerprint density at radius 2 is 1.94 bits per heavy atom. The molecule has 0 saturated carbocycles. The molecule has 78 valence electrons. The highest BCUT2D eigenvalue weighted by atomic mass is 15.5. The predicted octanol–water partition coefficient (Wildman–Crippen LogP) is 2.33. The number of aromatic nitrogens is 4. The fourth-order valence-corrected chi connectivity index (χ4v) is 1.96.